The molecular formula is C16H27NO3. The molecule has 0 saturated carbocycles. The van der Waals surface area contributed by atoms with Gasteiger partial charge in [0, 0.05) is 12.2 Å². The highest BCUT2D eigenvalue weighted by Gasteiger charge is 2.15. The van der Waals surface area contributed by atoms with Gasteiger partial charge >= 0.3 is 0 Å². The molecule has 0 aliphatic heterocycles. The first-order chi connectivity index (χ1) is 9.83. The van der Waals surface area contributed by atoms with Crippen LogP contribution < -0.4 is 10.1 Å². The number of hydrogen-bond acceptors (Lipinski definition) is 4. The number of rotatable bonds is 11. The molecule has 0 spiro atoms. The summed E-state index contributed by atoms with van der Waals surface area (Å²) in [5.41, 5.74) is 1.15. The van der Waals surface area contributed by atoms with Crippen molar-refractivity contribution in [3.63, 3.8) is 0 Å². The monoisotopic (exact) mass is 281 g/mol. The van der Waals surface area contributed by atoms with Crippen LogP contribution in [0.3, 0.4) is 0 Å². The van der Waals surface area contributed by atoms with E-state index in [1.54, 1.807) is 0 Å². The Bertz CT molecular complexity index is 357. The van der Waals surface area contributed by atoms with Gasteiger partial charge in [-0.3, -0.25) is 0 Å². The quantitative estimate of drug-likeness (QED) is 0.633. The highest BCUT2D eigenvalue weighted by atomic mass is 16.5. The molecule has 0 bridgehead atoms. The van der Waals surface area contributed by atoms with E-state index in [2.05, 4.69) is 18.3 Å². The first kappa shape index (κ1) is 17.0. The van der Waals surface area contributed by atoms with Crippen molar-refractivity contribution in [2.24, 2.45) is 0 Å². The molecule has 0 fully saturated rings. The lowest BCUT2D eigenvalue weighted by molar-refractivity contribution is 0.0432. The Morgan fingerprint density at radius 1 is 1.00 bits per heavy atom. The third-order valence-electron chi connectivity index (χ3n) is 2.91. The predicted octanol–water partition coefficient (Wildman–Crippen LogP) is 2.79. The van der Waals surface area contributed by atoms with Crippen LogP contribution in [0.1, 0.15) is 32.4 Å². The molecule has 1 unspecified atom stereocenters. The summed E-state index contributed by atoms with van der Waals surface area (Å²) >= 11 is 0. The van der Waals surface area contributed by atoms with Crippen molar-refractivity contribution in [2.75, 3.05) is 39.6 Å². The fourth-order valence-electron chi connectivity index (χ4n) is 2.02. The Morgan fingerprint density at radius 2 is 1.75 bits per heavy atom. The van der Waals surface area contributed by atoms with Gasteiger partial charge < -0.3 is 19.5 Å². The Balaban J connectivity index is 2.60. The highest BCUT2D eigenvalue weighted by molar-refractivity contribution is 5.36. The Morgan fingerprint density at radius 3 is 2.45 bits per heavy atom. The van der Waals surface area contributed by atoms with E-state index in [1.807, 2.05) is 32.0 Å². The molecule has 0 aliphatic carbocycles. The van der Waals surface area contributed by atoms with Crippen molar-refractivity contribution in [3.05, 3.63) is 29.8 Å². The molecule has 0 aromatic heterocycles. The average Bonchev–Trinajstić information content (AvgIpc) is 2.47. The number of benzene rings is 1. The van der Waals surface area contributed by atoms with Crippen LogP contribution in [0.15, 0.2) is 24.3 Å². The second-order valence-electron chi connectivity index (χ2n) is 4.35. The maximum atomic E-state index is 5.69. The molecule has 0 radical (unpaired) electrons. The molecule has 4 heteroatoms. The minimum atomic E-state index is 0.143. The zero-order chi connectivity index (χ0) is 14.6. The van der Waals surface area contributed by atoms with Gasteiger partial charge in [0.1, 0.15) is 5.75 Å². The fraction of sp³-hybridized carbons (Fsp3) is 0.625. The van der Waals surface area contributed by atoms with E-state index < -0.39 is 0 Å². The molecule has 20 heavy (non-hydrogen) atoms. The van der Waals surface area contributed by atoms with Crippen molar-refractivity contribution in [3.8, 4) is 5.75 Å². The van der Waals surface area contributed by atoms with Crippen LogP contribution in [-0.4, -0.2) is 39.6 Å². The van der Waals surface area contributed by atoms with Crippen LogP contribution >= 0.6 is 0 Å². The maximum Gasteiger partial charge on any atom is 0.124 e. The van der Waals surface area contributed by atoms with Crippen LogP contribution in [0.2, 0.25) is 0 Å². The standard InChI is InChI=1S/C16H27NO3/c1-4-17-15(13-19-12-11-18-5-2)14-9-7-8-10-16(14)20-6-3/h7-10,15,17H,4-6,11-13H2,1-3H3. The van der Waals surface area contributed by atoms with Crippen molar-refractivity contribution in [1.82, 2.24) is 5.32 Å². The van der Waals surface area contributed by atoms with Crippen molar-refractivity contribution in [1.29, 1.82) is 0 Å². The Labute approximate surface area is 122 Å². The zero-order valence-electron chi connectivity index (χ0n) is 12.9. The summed E-state index contributed by atoms with van der Waals surface area (Å²) in [6.45, 7) is 10.2. The summed E-state index contributed by atoms with van der Waals surface area (Å²) in [7, 11) is 0. The predicted molar refractivity (Wildman–Crippen MR) is 81.3 cm³/mol. The van der Waals surface area contributed by atoms with Gasteiger partial charge in [0.05, 0.1) is 32.5 Å². The number of ether oxygens (including phenoxy) is 3. The number of para-hydroxylation sites is 1. The van der Waals surface area contributed by atoms with Crippen molar-refractivity contribution < 1.29 is 14.2 Å². The van der Waals surface area contributed by atoms with E-state index in [0.29, 0.717) is 26.4 Å². The molecule has 4 nitrogen and oxygen atoms in total. The Kier molecular flexibility index (Phi) is 9.04. The second-order valence-corrected chi connectivity index (χ2v) is 4.35. The van der Waals surface area contributed by atoms with E-state index in [0.717, 1.165) is 24.5 Å². The van der Waals surface area contributed by atoms with Gasteiger partial charge in [0.2, 0.25) is 0 Å². The summed E-state index contributed by atoms with van der Waals surface area (Å²) in [5, 5.41) is 3.44. The summed E-state index contributed by atoms with van der Waals surface area (Å²) in [6, 6.07) is 8.26. The van der Waals surface area contributed by atoms with Gasteiger partial charge in [-0.1, -0.05) is 25.1 Å². The number of nitrogens with one attached hydrogen (secondary N) is 1. The first-order valence-corrected chi connectivity index (χ1v) is 7.44. The number of likely N-dealkylation sites (N-methyl/N-ethyl adjacent to an activating group) is 1. The first-order valence-electron chi connectivity index (χ1n) is 7.44. The molecule has 0 saturated heterocycles. The molecular weight excluding hydrogens is 254 g/mol. The third kappa shape index (κ3) is 5.90. The lowest BCUT2D eigenvalue weighted by Gasteiger charge is -2.21. The van der Waals surface area contributed by atoms with Crippen LogP contribution in [0.25, 0.3) is 0 Å². The van der Waals surface area contributed by atoms with E-state index >= 15 is 0 Å². The normalized spacial score (nSPS) is 12.3. The van der Waals surface area contributed by atoms with Crippen LogP contribution in [0, 0.1) is 0 Å². The van der Waals surface area contributed by atoms with Crippen LogP contribution in [0.5, 0.6) is 5.75 Å². The van der Waals surface area contributed by atoms with Crippen molar-refractivity contribution in [2.45, 2.75) is 26.8 Å². The summed E-state index contributed by atoms with van der Waals surface area (Å²) in [6.07, 6.45) is 0. The van der Waals surface area contributed by atoms with Gasteiger partial charge in [-0.25, -0.2) is 0 Å². The van der Waals surface area contributed by atoms with Crippen molar-refractivity contribution >= 4 is 0 Å². The van der Waals surface area contributed by atoms with Gasteiger partial charge in [-0.2, -0.15) is 0 Å². The lowest BCUT2D eigenvalue weighted by Crippen LogP contribution is -2.26. The van der Waals surface area contributed by atoms with E-state index in [4.69, 9.17) is 14.2 Å². The lowest BCUT2D eigenvalue weighted by atomic mass is 10.1. The molecule has 0 amide bonds. The molecule has 1 aromatic rings. The second kappa shape index (κ2) is 10.7. The smallest absolute Gasteiger partial charge is 0.124 e. The summed E-state index contributed by atoms with van der Waals surface area (Å²) in [5.74, 6) is 0.925. The topological polar surface area (TPSA) is 39.7 Å². The minimum absolute atomic E-state index is 0.143. The van der Waals surface area contributed by atoms with Gasteiger partial charge in [0.15, 0.2) is 0 Å². The number of hydrogen-bond donors (Lipinski definition) is 1. The molecule has 1 aromatic carbocycles. The van der Waals surface area contributed by atoms with E-state index in [-0.39, 0.29) is 6.04 Å². The van der Waals surface area contributed by atoms with Crippen LogP contribution in [-0.2, 0) is 9.47 Å². The van der Waals surface area contributed by atoms with E-state index in [1.165, 1.54) is 0 Å². The van der Waals surface area contributed by atoms with Gasteiger partial charge in [0.25, 0.3) is 0 Å². The molecule has 0 aliphatic rings. The largest absolute Gasteiger partial charge is 0.494 e. The maximum absolute atomic E-state index is 5.69. The SMILES string of the molecule is CCNC(COCCOCC)c1ccccc1OCC. The summed E-state index contributed by atoms with van der Waals surface area (Å²) < 4.78 is 16.7. The molecule has 1 N–H and O–H groups in total. The summed E-state index contributed by atoms with van der Waals surface area (Å²) in [4.78, 5) is 0. The minimum Gasteiger partial charge on any atom is -0.494 e. The van der Waals surface area contributed by atoms with E-state index in [9.17, 15) is 0 Å². The fourth-order valence-corrected chi connectivity index (χ4v) is 2.02. The highest BCUT2D eigenvalue weighted by Crippen LogP contribution is 2.25. The molecule has 0 heterocycles. The third-order valence-corrected chi connectivity index (χ3v) is 2.91. The molecule has 1 atom stereocenters. The van der Waals surface area contributed by atoms with Gasteiger partial charge in [-0.15, -0.1) is 0 Å². The van der Waals surface area contributed by atoms with Crippen LogP contribution in [0.4, 0.5) is 0 Å². The Hall–Kier alpha value is -1.10. The molecule has 1 rings (SSSR count). The molecule has 114 valence electrons. The zero-order valence-corrected chi connectivity index (χ0v) is 12.9. The van der Waals surface area contributed by atoms with Gasteiger partial charge in [-0.05, 0) is 26.5 Å². The average molecular weight is 281 g/mol.